The van der Waals surface area contributed by atoms with E-state index in [-0.39, 0.29) is 5.92 Å². The Morgan fingerprint density at radius 1 is 1.11 bits per heavy atom. The van der Waals surface area contributed by atoms with Crippen molar-refractivity contribution in [1.82, 2.24) is 9.47 Å². The van der Waals surface area contributed by atoms with Crippen LogP contribution < -0.4 is 0 Å². The molecule has 0 bridgehead atoms. The van der Waals surface area contributed by atoms with Crippen molar-refractivity contribution in [2.75, 3.05) is 13.1 Å². The van der Waals surface area contributed by atoms with Crippen LogP contribution in [-0.2, 0) is 23.3 Å². The van der Waals surface area contributed by atoms with E-state index in [0.717, 1.165) is 38.9 Å². The van der Waals surface area contributed by atoms with Crippen LogP contribution in [0.2, 0.25) is 0 Å². The van der Waals surface area contributed by atoms with Gasteiger partial charge in [-0.1, -0.05) is 48.5 Å². The Labute approximate surface area is 165 Å². The maximum Gasteiger partial charge on any atom is 0.308 e. The van der Waals surface area contributed by atoms with E-state index < -0.39 is 11.5 Å². The van der Waals surface area contributed by atoms with Gasteiger partial charge >= 0.3 is 5.97 Å². The monoisotopic (exact) mass is 374 g/mol. The first-order valence-corrected chi connectivity index (χ1v) is 10.2. The third kappa shape index (κ3) is 2.44. The van der Waals surface area contributed by atoms with Gasteiger partial charge in [0.05, 0.1) is 11.5 Å². The molecule has 4 heteroatoms. The minimum atomic E-state index is -0.670. The van der Waals surface area contributed by atoms with Gasteiger partial charge in [0.1, 0.15) is 0 Å². The summed E-state index contributed by atoms with van der Waals surface area (Å²) in [6.45, 7) is 4.86. The number of carbonyl (C=O) groups is 1. The average molecular weight is 374 g/mol. The molecule has 1 fully saturated rings. The lowest BCUT2D eigenvalue weighted by atomic mass is 9.71. The highest BCUT2D eigenvalue weighted by Crippen LogP contribution is 2.48. The lowest BCUT2D eigenvalue weighted by Gasteiger charge is -2.52. The molecule has 2 aliphatic heterocycles. The lowest BCUT2D eigenvalue weighted by molar-refractivity contribution is -0.152. The number of nitrogens with zero attached hydrogens (tertiary/aromatic N) is 2. The predicted octanol–water partition coefficient (Wildman–Crippen LogP) is 4.26. The Balaban J connectivity index is 1.78. The summed E-state index contributed by atoms with van der Waals surface area (Å²) in [5, 5.41) is 11.4. The van der Waals surface area contributed by atoms with Gasteiger partial charge in [-0.05, 0) is 49.9 Å². The van der Waals surface area contributed by atoms with E-state index in [0.29, 0.717) is 0 Å². The van der Waals surface area contributed by atoms with Crippen LogP contribution in [0.5, 0.6) is 0 Å². The summed E-state index contributed by atoms with van der Waals surface area (Å²) in [4.78, 5) is 14.7. The third-order valence-electron chi connectivity index (χ3n) is 6.92. The highest BCUT2D eigenvalue weighted by molar-refractivity contribution is 5.87. The first kappa shape index (κ1) is 17.5. The van der Waals surface area contributed by atoms with Crippen molar-refractivity contribution in [3.05, 3.63) is 71.4 Å². The number of carboxylic acid groups (broad SMARTS) is 1. The number of aromatic nitrogens is 1. The fourth-order valence-electron chi connectivity index (χ4n) is 5.63. The Bertz CT molecular complexity index is 1040. The number of piperidine rings is 1. The molecule has 1 aromatic heterocycles. The maximum atomic E-state index is 12.3. The number of hydrogen-bond donors (Lipinski definition) is 1. The molecule has 4 nitrogen and oxygen atoms in total. The molecule has 144 valence electrons. The molecule has 0 radical (unpaired) electrons. The molecule has 0 unspecified atom stereocenters. The van der Waals surface area contributed by atoms with Gasteiger partial charge in [-0.2, -0.15) is 0 Å². The van der Waals surface area contributed by atoms with Gasteiger partial charge in [-0.25, -0.2) is 0 Å². The standard InChI is InChI=1S/C24H26N2O2/c1-24-20(23(27)28)11-7-14-25(24)15-13-19-18-10-5-6-12-21(18)26(22(19)24)16-17-8-3-2-4-9-17/h2-6,8-10,12,20H,7,11,13-16H2,1H3,(H,27,28)/t20-,24+/m0/s1. The molecule has 28 heavy (non-hydrogen) atoms. The van der Waals surface area contributed by atoms with E-state index in [1.807, 2.05) is 6.07 Å². The second-order valence-electron chi connectivity index (χ2n) is 8.33. The number of benzene rings is 2. The van der Waals surface area contributed by atoms with Crippen LogP contribution in [0.25, 0.3) is 10.9 Å². The van der Waals surface area contributed by atoms with Crippen LogP contribution in [0.3, 0.4) is 0 Å². The number of para-hydroxylation sites is 1. The van der Waals surface area contributed by atoms with Crippen molar-refractivity contribution in [3.63, 3.8) is 0 Å². The van der Waals surface area contributed by atoms with Crippen LogP contribution >= 0.6 is 0 Å². The van der Waals surface area contributed by atoms with Gasteiger partial charge in [0.25, 0.3) is 0 Å². The maximum absolute atomic E-state index is 12.3. The van der Waals surface area contributed by atoms with Crippen molar-refractivity contribution < 1.29 is 9.90 Å². The highest BCUT2D eigenvalue weighted by atomic mass is 16.4. The summed E-state index contributed by atoms with van der Waals surface area (Å²) in [5.74, 6) is -1.05. The average Bonchev–Trinajstić information content (AvgIpc) is 3.03. The van der Waals surface area contributed by atoms with Gasteiger partial charge in [0.2, 0.25) is 0 Å². The summed E-state index contributed by atoms with van der Waals surface area (Å²) < 4.78 is 2.40. The molecule has 1 saturated heterocycles. The van der Waals surface area contributed by atoms with Crippen LogP contribution in [-0.4, -0.2) is 33.6 Å². The van der Waals surface area contributed by atoms with Crippen molar-refractivity contribution in [3.8, 4) is 0 Å². The summed E-state index contributed by atoms with van der Waals surface area (Å²) in [6, 6.07) is 19.1. The van der Waals surface area contributed by atoms with Crippen molar-refractivity contribution in [2.24, 2.45) is 5.92 Å². The van der Waals surface area contributed by atoms with Gasteiger partial charge < -0.3 is 9.67 Å². The normalized spacial score (nSPS) is 24.7. The molecule has 3 aromatic rings. The Kier molecular flexibility index (Phi) is 4.06. The summed E-state index contributed by atoms with van der Waals surface area (Å²) in [5.41, 5.74) is 4.56. The van der Waals surface area contributed by atoms with E-state index in [1.54, 1.807) is 0 Å². The molecule has 0 amide bonds. The van der Waals surface area contributed by atoms with E-state index in [4.69, 9.17) is 0 Å². The van der Waals surface area contributed by atoms with Gasteiger partial charge in [-0.3, -0.25) is 9.69 Å². The third-order valence-corrected chi connectivity index (χ3v) is 6.92. The molecule has 1 N–H and O–H groups in total. The molecule has 0 saturated carbocycles. The number of carboxylic acids is 1. The molecule has 0 aliphatic carbocycles. The van der Waals surface area contributed by atoms with E-state index in [9.17, 15) is 9.90 Å². The molecular formula is C24H26N2O2. The molecule has 2 aromatic carbocycles. The molecular weight excluding hydrogens is 348 g/mol. The number of hydrogen-bond acceptors (Lipinski definition) is 2. The second-order valence-corrected chi connectivity index (χ2v) is 8.33. The fourth-order valence-corrected chi connectivity index (χ4v) is 5.63. The Morgan fingerprint density at radius 3 is 2.64 bits per heavy atom. The van der Waals surface area contributed by atoms with Crippen LogP contribution in [0.15, 0.2) is 54.6 Å². The minimum absolute atomic E-state index is 0.376. The number of aliphatic carboxylic acids is 1. The summed E-state index contributed by atoms with van der Waals surface area (Å²) >= 11 is 0. The fraction of sp³-hybridized carbons (Fsp3) is 0.375. The predicted molar refractivity (Wildman–Crippen MR) is 110 cm³/mol. The summed E-state index contributed by atoms with van der Waals surface area (Å²) in [6.07, 6.45) is 2.69. The first-order chi connectivity index (χ1) is 13.6. The van der Waals surface area contributed by atoms with E-state index in [1.165, 1.54) is 27.7 Å². The van der Waals surface area contributed by atoms with Crippen molar-refractivity contribution >= 4 is 16.9 Å². The topological polar surface area (TPSA) is 45.5 Å². The largest absolute Gasteiger partial charge is 0.481 e. The summed E-state index contributed by atoms with van der Waals surface area (Å²) in [7, 11) is 0. The molecule has 5 rings (SSSR count). The molecule has 2 atom stereocenters. The van der Waals surface area contributed by atoms with Gasteiger partial charge in [0, 0.05) is 29.7 Å². The quantitative estimate of drug-likeness (QED) is 0.745. The highest BCUT2D eigenvalue weighted by Gasteiger charge is 2.52. The zero-order chi connectivity index (χ0) is 19.3. The smallest absolute Gasteiger partial charge is 0.308 e. The number of rotatable bonds is 3. The zero-order valence-electron chi connectivity index (χ0n) is 16.3. The molecule has 3 heterocycles. The SMILES string of the molecule is C[C@@]12c3c(c4ccccc4n3Cc3ccccc3)CCN1CCC[C@H]2C(=O)O. The van der Waals surface area contributed by atoms with E-state index in [2.05, 4.69) is 64.9 Å². The lowest BCUT2D eigenvalue weighted by Crippen LogP contribution is -2.58. The van der Waals surface area contributed by atoms with Crippen molar-refractivity contribution in [2.45, 2.75) is 38.3 Å². The van der Waals surface area contributed by atoms with Crippen LogP contribution in [0.4, 0.5) is 0 Å². The van der Waals surface area contributed by atoms with Gasteiger partial charge in [-0.15, -0.1) is 0 Å². The van der Waals surface area contributed by atoms with E-state index >= 15 is 0 Å². The molecule has 0 spiro atoms. The van der Waals surface area contributed by atoms with Crippen LogP contribution in [0, 0.1) is 5.92 Å². The zero-order valence-corrected chi connectivity index (χ0v) is 16.3. The first-order valence-electron chi connectivity index (χ1n) is 10.2. The van der Waals surface area contributed by atoms with Crippen LogP contribution in [0.1, 0.15) is 36.6 Å². The minimum Gasteiger partial charge on any atom is -0.481 e. The molecule has 2 aliphatic rings. The number of fused-ring (bicyclic) bond motifs is 5. The second kappa shape index (κ2) is 6.49. The Morgan fingerprint density at radius 2 is 1.86 bits per heavy atom. The van der Waals surface area contributed by atoms with Gasteiger partial charge in [0.15, 0.2) is 0 Å². The van der Waals surface area contributed by atoms with Crippen molar-refractivity contribution in [1.29, 1.82) is 0 Å². The Hall–Kier alpha value is -2.59.